The average Bonchev–Trinajstić information content (AvgIpc) is 2.94. The van der Waals surface area contributed by atoms with Gasteiger partial charge >= 0.3 is 0 Å². The number of nitrogens with zero attached hydrogens (tertiary/aromatic N) is 1. The fraction of sp³-hybridized carbons (Fsp3) is 0.833. The Labute approximate surface area is 87.1 Å². The predicted octanol–water partition coefficient (Wildman–Crippen LogP) is 1.08. The zero-order valence-electron chi connectivity index (χ0n) is 9.05. The standard InChI is InChI=1S/C12H20N2/c1-2-3-7-13-9-11-6-8-14(10-11)12-4-5-12/h11-13H,4-10H2,1H3. The minimum atomic E-state index is 0.858. The number of rotatable bonds is 4. The first-order chi connectivity index (χ1) is 6.90. The van der Waals surface area contributed by atoms with Gasteiger partial charge in [-0.25, -0.2) is 0 Å². The number of nitrogens with one attached hydrogen (secondary N) is 1. The summed E-state index contributed by atoms with van der Waals surface area (Å²) >= 11 is 0. The molecule has 1 unspecified atom stereocenters. The maximum atomic E-state index is 3.41. The van der Waals surface area contributed by atoms with Crippen LogP contribution >= 0.6 is 0 Å². The van der Waals surface area contributed by atoms with Gasteiger partial charge in [0.2, 0.25) is 0 Å². The molecule has 2 heteroatoms. The molecule has 78 valence electrons. The Hall–Kier alpha value is -0.520. The van der Waals surface area contributed by atoms with Crippen LogP contribution in [0, 0.1) is 17.8 Å². The van der Waals surface area contributed by atoms with E-state index in [9.17, 15) is 0 Å². The first kappa shape index (κ1) is 10.0. The molecule has 1 N–H and O–H groups in total. The van der Waals surface area contributed by atoms with E-state index in [4.69, 9.17) is 0 Å². The molecule has 0 spiro atoms. The van der Waals surface area contributed by atoms with Crippen molar-refractivity contribution in [3.63, 3.8) is 0 Å². The Bertz CT molecular complexity index is 234. The van der Waals surface area contributed by atoms with Crippen LogP contribution in [0.3, 0.4) is 0 Å². The summed E-state index contributed by atoms with van der Waals surface area (Å²) in [6.07, 6.45) is 4.27. The summed E-state index contributed by atoms with van der Waals surface area (Å²) in [6, 6.07) is 0.954. The van der Waals surface area contributed by atoms with Crippen LogP contribution in [0.25, 0.3) is 0 Å². The van der Waals surface area contributed by atoms with Crippen LogP contribution in [0.2, 0.25) is 0 Å². The predicted molar refractivity (Wildman–Crippen MR) is 59.0 cm³/mol. The highest BCUT2D eigenvalue weighted by Gasteiger charge is 2.33. The summed E-state index contributed by atoms with van der Waals surface area (Å²) in [6.45, 7) is 6.55. The zero-order valence-corrected chi connectivity index (χ0v) is 9.05. The Morgan fingerprint density at radius 1 is 1.36 bits per heavy atom. The number of likely N-dealkylation sites (tertiary alicyclic amines) is 1. The molecule has 0 bridgehead atoms. The molecular formula is C12H20N2. The van der Waals surface area contributed by atoms with Gasteiger partial charge in [0, 0.05) is 19.1 Å². The molecule has 14 heavy (non-hydrogen) atoms. The van der Waals surface area contributed by atoms with Crippen molar-refractivity contribution in [3.05, 3.63) is 0 Å². The maximum Gasteiger partial charge on any atom is 0.0576 e. The molecule has 1 aliphatic carbocycles. The lowest BCUT2D eigenvalue weighted by atomic mass is 10.1. The highest BCUT2D eigenvalue weighted by atomic mass is 15.2. The van der Waals surface area contributed by atoms with E-state index in [-0.39, 0.29) is 0 Å². The Morgan fingerprint density at radius 2 is 2.21 bits per heavy atom. The molecule has 0 radical (unpaired) electrons. The van der Waals surface area contributed by atoms with E-state index in [1.807, 2.05) is 6.92 Å². The van der Waals surface area contributed by atoms with E-state index in [1.54, 1.807) is 0 Å². The normalized spacial score (nSPS) is 27.4. The molecule has 2 aliphatic rings. The Kier molecular flexibility index (Phi) is 3.44. The van der Waals surface area contributed by atoms with Crippen LogP contribution in [-0.2, 0) is 0 Å². The molecule has 1 saturated heterocycles. The van der Waals surface area contributed by atoms with Crippen molar-refractivity contribution < 1.29 is 0 Å². The van der Waals surface area contributed by atoms with Crippen molar-refractivity contribution in [2.45, 2.75) is 32.2 Å². The first-order valence-corrected chi connectivity index (χ1v) is 5.74. The molecule has 1 aliphatic heterocycles. The molecule has 1 saturated carbocycles. The molecule has 0 aromatic heterocycles. The second-order valence-electron chi connectivity index (χ2n) is 4.44. The molecule has 2 nitrogen and oxygen atoms in total. The van der Waals surface area contributed by atoms with Crippen molar-refractivity contribution in [2.75, 3.05) is 26.2 Å². The van der Waals surface area contributed by atoms with Crippen molar-refractivity contribution in [3.8, 4) is 11.8 Å². The molecule has 0 amide bonds. The fourth-order valence-electron chi connectivity index (χ4n) is 2.23. The fourth-order valence-corrected chi connectivity index (χ4v) is 2.23. The average molecular weight is 192 g/mol. The van der Waals surface area contributed by atoms with Gasteiger partial charge in [-0.05, 0) is 38.6 Å². The molecule has 0 aromatic carbocycles. The van der Waals surface area contributed by atoms with Crippen molar-refractivity contribution >= 4 is 0 Å². The Morgan fingerprint density at radius 3 is 2.93 bits per heavy atom. The van der Waals surface area contributed by atoms with E-state index in [1.165, 1.54) is 32.4 Å². The summed E-state index contributed by atoms with van der Waals surface area (Å²) in [4.78, 5) is 2.66. The molecule has 0 aromatic rings. The van der Waals surface area contributed by atoms with Crippen LogP contribution in [0.4, 0.5) is 0 Å². The van der Waals surface area contributed by atoms with Gasteiger partial charge in [0.1, 0.15) is 0 Å². The van der Waals surface area contributed by atoms with Gasteiger partial charge in [-0.1, -0.05) is 5.92 Å². The SMILES string of the molecule is CC#CCNCC1CCN(C2CC2)C1. The van der Waals surface area contributed by atoms with Crippen LogP contribution in [0.15, 0.2) is 0 Å². The zero-order chi connectivity index (χ0) is 9.80. The maximum absolute atomic E-state index is 3.41. The molecule has 1 heterocycles. The highest BCUT2D eigenvalue weighted by molar-refractivity contribution is 4.97. The largest absolute Gasteiger partial charge is 0.306 e. The van der Waals surface area contributed by atoms with Crippen LogP contribution in [0.5, 0.6) is 0 Å². The third-order valence-electron chi connectivity index (χ3n) is 3.20. The quantitative estimate of drug-likeness (QED) is 0.530. The summed E-state index contributed by atoms with van der Waals surface area (Å²) in [5.74, 6) is 6.82. The third kappa shape index (κ3) is 2.73. The van der Waals surface area contributed by atoms with Gasteiger partial charge in [0.05, 0.1) is 6.54 Å². The number of hydrogen-bond donors (Lipinski definition) is 1. The topological polar surface area (TPSA) is 15.3 Å². The van der Waals surface area contributed by atoms with Crippen molar-refractivity contribution in [1.82, 2.24) is 10.2 Å². The van der Waals surface area contributed by atoms with Crippen LogP contribution in [0.1, 0.15) is 26.2 Å². The monoisotopic (exact) mass is 192 g/mol. The van der Waals surface area contributed by atoms with E-state index in [0.717, 1.165) is 25.0 Å². The highest BCUT2D eigenvalue weighted by Crippen LogP contribution is 2.31. The van der Waals surface area contributed by atoms with Crippen molar-refractivity contribution in [1.29, 1.82) is 0 Å². The van der Waals surface area contributed by atoms with Gasteiger partial charge in [0.25, 0.3) is 0 Å². The van der Waals surface area contributed by atoms with Gasteiger partial charge in [-0.2, -0.15) is 0 Å². The third-order valence-corrected chi connectivity index (χ3v) is 3.20. The van der Waals surface area contributed by atoms with Gasteiger partial charge in [-0.15, -0.1) is 5.92 Å². The Balaban J connectivity index is 1.60. The van der Waals surface area contributed by atoms with Crippen molar-refractivity contribution in [2.24, 2.45) is 5.92 Å². The van der Waals surface area contributed by atoms with E-state index < -0.39 is 0 Å². The van der Waals surface area contributed by atoms with Gasteiger partial charge in [-0.3, -0.25) is 0 Å². The minimum Gasteiger partial charge on any atom is -0.306 e. The molecule has 2 rings (SSSR count). The lowest BCUT2D eigenvalue weighted by Gasteiger charge is -2.14. The van der Waals surface area contributed by atoms with Gasteiger partial charge in [0.15, 0.2) is 0 Å². The van der Waals surface area contributed by atoms with E-state index in [2.05, 4.69) is 22.1 Å². The lowest BCUT2D eigenvalue weighted by molar-refractivity contribution is 0.312. The molecular weight excluding hydrogens is 172 g/mol. The van der Waals surface area contributed by atoms with Crippen LogP contribution in [-0.4, -0.2) is 37.1 Å². The summed E-state index contributed by atoms with van der Waals surface area (Å²) < 4.78 is 0. The van der Waals surface area contributed by atoms with Crippen LogP contribution < -0.4 is 5.32 Å². The second kappa shape index (κ2) is 4.82. The minimum absolute atomic E-state index is 0.858. The summed E-state index contributed by atoms with van der Waals surface area (Å²) in [7, 11) is 0. The number of hydrogen-bond acceptors (Lipinski definition) is 2. The summed E-state index contributed by atoms with van der Waals surface area (Å²) in [5, 5.41) is 3.41. The van der Waals surface area contributed by atoms with Gasteiger partial charge < -0.3 is 10.2 Å². The lowest BCUT2D eigenvalue weighted by Crippen LogP contribution is -2.27. The van der Waals surface area contributed by atoms with E-state index in [0.29, 0.717) is 0 Å². The second-order valence-corrected chi connectivity index (χ2v) is 4.44. The first-order valence-electron chi connectivity index (χ1n) is 5.74. The molecule has 1 atom stereocenters. The molecule has 2 fully saturated rings. The van der Waals surface area contributed by atoms with E-state index >= 15 is 0 Å². The summed E-state index contributed by atoms with van der Waals surface area (Å²) in [5.41, 5.74) is 0. The smallest absolute Gasteiger partial charge is 0.0576 e.